The molecule has 0 aliphatic rings. The fourth-order valence-corrected chi connectivity index (χ4v) is 0.875. The van der Waals surface area contributed by atoms with Gasteiger partial charge in [-0.15, -0.1) is 5.46 Å². The summed E-state index contributed by atoms with van der Waals surface area (Å²) in [6, 6.07) is 3.68. The van der Waals surface area contributed by atoms with E-state index < -0.39 is 18.4 Å². The molecule has 0 heterocycles. The predicted molar refractivity (Wildman–Crippen MR) is 42.1 cm³/mol. The Morgan fingerprint density at radius 1 is 1.29 bits per heavy atom. The quantitative estimate of drug-likeness (QED) is 0.622. The summed E-state index contributed by atoms with van der Waals surface area (Å²) < 4.78 is 36.3. The number of hydrogen-bond donors (Lipinski definition) is 1. The number of benzene rings is 1. The SMILES string of the molecule is O=C(O)c1cccc([B-](F)(F)F)c1.[K+]. The average Bonchev–Trinajstić information content (AvgIpc) is 2.03. The van der Waals surface area contributed by atoms with Crippen molar-refractivity contribution < 1.29 is 74.2 Å². The molecule has 0 radical (unpaired) electrons. The van der Waals surface area contributed by atoms with Crippen molar-refractivity contribution in [3.05, 3.63) is 29.8 Å². The maximum Gasteiger partial charge on any atom is 1.00 e. The first-order chi connectivity index (χ1) is 5.91. The third-order valence-corrected chi connectivity index (χ3v) is 1.51. The van der Waals surface area contributed by atoms with Crippen molar-refractivity contribution in [3.63, 3.8) is 0 Å². The number of carboxylic acid groups (broad SMARTS) is 1. The Morgan fingerprint density at radius 2 is 1.86 bits per heavy atom. The second-order valence-corrected chi connectivity index (χ2v) is 2.51. The standard InChI is InChI=1S/C7H5BF3O2.K/c9-8(10,11)6-3-1-2-5(4-6)7(12)13;/h1-4H,(H,12,13);/q-1;+1. The molecule has 70 valence electrons. The first-order valence-electron chi connectivity index (χ1n) is 3.44. The Hall–Kier alpha value is 0.181. The zero-order valence-electron chi connectivity index (χ0n) is 7.38. The van der Waals surface area contributed by atoms with E-state index in [4.69, 9.17) is 5.11 Å². The Kier molecular flexibility index (Phi) is 5.38. The van der Waals surface area contributed by atoms with E-state index in [1.165, 1.54) is 0 Å². The minimum absolute atomic E-state index is 0. The summed E-state index contributed by atoms with van der Waals surface area (Å²) in [6.45, 7) is -5.12. The van der Waals surface area contributed by atoms with Gasteiger partial charge in [-0.3, -0.25) is 0 Å². The van der Waals surface area contributed by atoms with Crippen molar-refractivity contribution in [1.82, 2.24) is 0 Å². The molecule has 0 aromatic heterocycles. The van der Waals surface area contributed by atoms with Crippen LogP contribution in [0, 0.1) is 0 Å². The van der Waals surface area contributed by atoms with Gasteiger partial charge >= 0.3 is 64.3 Å². The van der Waals surface area contributed by atoms with E-state index in [9.17, 15) is 17.7 Å². The summed E-state index contributed by atoms with van der Waals surface area (Å²) in [7, 11) is 0. The third kappa shape index (κ3) is 3.74. The molecule has 1 aromatic rings. The molecule has 0 spiro atoms. The van der Waals surface area contributed by atoms with Crippen molar-refractivity contribution >= 4 is 18.4 Å². The summed E-state index contributed by atoms with van der Waals surface area (Å²) in [5.74, 6) is -1.36. The van der Waals surface area contributed by atoms with E-state index >= 15 is 0 Å². The van der Waals surface area contributed by atoms with Crippen LogP contribution in [0.1, 0.15) is 10.4 Å². The summed E-state index contributed by atoms with van der Waals surface area (Å²) in [6.07, 6.45) is 0. The number of aromatic carboxylic acids is 1. The van der Waals surface area contributed by atoms with Gasteiger partial charge in [0.2, 0.25) is 0 Å². The Morgan fingerprint density at radius 3 is 2.29 bits per heavy atom. The van der Waals surface area contributed by atoms with Crippen LogP contribution in [0.4, 0.5) is 12.9 Å². The van der Waals surface area contributed by atoms with E-state index in [0.29, 0.717) is 6.07 Å². The molecule has 7 heteroatoms. The maximum absolute atomic E-state index is 12.1. The normalized spacial score (nSPS) is 10.5. The number of rotatable bonds is 2. The van der Waals surface area contributed by atoms with Gasteiger partial charge in [-0.2, -0.15) is 0 Å². The molecule has 1 N–H and O–H groups in total. The molecule has 1 aromatic carbocycles. The molecule has 0 unspecified atom stereocenters. The first-order valence-corrected chi connectivity index (χ1v) is 3.44. The fourth-order valence-electron chi connectivity index (χ4n) is 0.875. The summed E-state index contributed by atoms with van der Waals surface area (Å²) in [4.78, 5) is 10.3. The van der Waals surface area contributed by atoms with Crippen LogP contribution in [0.15, 0.2) is 24.3 Å². The summed E-state index contributed by atoms with van der Waals surface area (Å²) >= 11 is 0. The molecule has 0 amide bonds. The van der Waals surface area contributed by atoms with Crippen molar-refractivity contribution in [2.24, 2.45) is 0 Å². The van der Waals surface area contributed by atoms with Crippen LogP contribution in [0.2, 0.25) is 0 Å². The molecule has 0 saturated heterocycles. The van der Waals surface area contributed by atoms with Crippen LogP contribution in [0.3, 0.4) is 0 Å². The fraction of sp³-hybridized carbons (Fsp3) is 0. The summed E-state index contributed by atoms with van der Waals surface area (Å²) in [5.41, 5.74) is -1.24. The van der Waals surface area contributed by atoms with Crippen LogP contribution in [0.5, 0.6) is 0 Å². The van der Waals surface area contributed by atoms with Gasteiger partial charge in [0.15, 0.2) is 0 Å². The van der Waals surface area contributed by atoms with Gasteiger partial charge in [-0.25, -0.2) is 4.79 Å². The maximum atomic E-state index is 12.1. The van der Waals surface area contributed by atoms with E-state index in [2.05, 4.69) is 0 Å². The smallest absolute Gasteiger partial charge is 0.478 e. The molecular weight excluding hydrogens is 223 g/mol. The predicted octanol–water partition coefficient (Wildman–Crippen LogP) is -1.56. The molecule has 0 fully saturated rings. The molecule has 0 saturated carbocycles. The zero-order chi connectivity index (χ0) is 10.1. The molecule has 14 heavy (non-hydrogen) atoms. The van der Waals surface area contributed by atoms with Gasteiger partial charge < -0.3 is 18.1 Å². The van der Waals surface area contributed by atoms with Gasteiger partial charge in [0, 0.05) is 0 Å². The van der Waals surface area contributed by atoms with Crippen LogP contribution in [-0.2, 0) is 0 Å². The minimum Gasteiger partial charge on any atom is -0.478 e. The van der Waals surface area contributed by atoms with Crippen LogP contribution in [0.25, 0.3) is 0 Å². The topological polar surface area (TPSA) is 37.3 Å². The van der Waals surface area contributed by atoms with Crippen LogP contribution >= 0.6 is 0 Å². The molecular formula is C7H5BF3KO2. The largest absolute Gasteiger partial charge is 1.00 e. The van der Waals surface area contributed by atoms with E-state index in [0.717, 1.165) is 18.2 Å². The van der Waals surface area contributed by atoms with Crippen LogP contribution in [-0.4, -0.2) is 18.1 Å². The van der Waals surface area contributed by atoms with Crippen LogP contribution < -0.4 is 56.8 Å². The van der Waals surface area contributed by atoms with Crippen molar-refractivity contribution in [2.45, 2.75) is 0 Å². The number of halogens is 3. The monoisotopic (exact) mass is 228 g/mol. The molecule has 1 rings (SSSR count). The van der Waals surface area contributed by atoms with E-state index in [1.54, 1.807) is 0 Å². The number of carbonyl (C=O) groups is 1. The molecule has 0 atom stereocenters. The van der Waals surface area contributed by atoms with Crippen molar-refractivity contribution in [3.8, 4) is 0 Å². The Labute approximate surface area is 121 Å². The van der Waals surface area contributed by atoms with Gasteiger partial charge in [0.1, 0.15) is 0 Å². The Bertz CT molecular complexity index is 340. The molecule has 0 aliphatic carbocycles. The number of hydrogen-bond acceptors (Lipinski definition) is 1. The van der Waals surface area contributed by atoms with Gasteiger partial charge in [0.25, 0.3) is 0 Å². The molecule has 2 nitrogen and oxygen atoms in total. The second kappa shape index (κ2) is 5.32. The molecule has 0 bridgehead atoms. The first kappa shape index (κ1) is 14.2. The summed E-state index contributed by atoms with van der Waals surface area (Å²) in [5, 5.41) is 8.41. The Balaban J connectivity index is 0.00000169. The van der Waals surface area contributed by atoms with Gasteiger partial charge in [0.05, 0.1) is 5.56 Å². The van der Waals surface area contributed by atoms with Crippen molar-refractivity contribution in [2.75, 3.05) is 0 Å². The minimum atomic E-state index is -5.12. The van der Waals surface area contributed by atoms with E-state index in [1.807, 2.05) is 0 Å². The third-order valence-electron chi connectivity index (χ3n) is 1.51. The molecule has 0 aliphatic heterocycles. The van der Waals surface area contributed by atoms with Crippen molar-refractivity contribution in [1.29, 1.82) is 0 Å². The van der Waals surface area contributed by atoms with Gasteiger partial charge in [-0.05, 0) is 6.07 Å². The number of carboxylic acids is 1. The van der Waals surface area contributed by atoms with E-state index in [-0.39, 0.29) is 56.9 Å². The van der Waals surface area contributed by atoms with Gasteiger partial charge in [-0.1, -0.05) is 18.2 Å². The zero-order valence-corrected chi connectivity index (χ0v) is 10.5. The average molecular weight is 228 g/mol. The second-order valence-electron chi connectivity index (χ2n) is 2.51.